The van der Waals surface area contributed by atoms with Gasteiger partial charge in [0.1, 0.15) is 5.60 Å². The fourth-order valence-electron chi connectivity index (χ4n) is 4.70. The van der Waals surface area contributed by atoms with E-state index in [9.17, 15) is 5.11 Å². The number of hydrogen-bond acceptors (Lipinski definition) is 4. The molecule has 1 aromatic carbocycles. The molecule has 0 aromatic heterocycles. The minimum absolute atomic E-state index is 0. The summed E-state index contributed by atoms with van der Waals surface area (Å²) in [7, 11) is 0. The largest absolute Gasteiger partial charge is 0.383 e. The van der Waals surface area contributed by atoms with Crippen LogP contribution in [0.2, 0.25) is 0 Å². The highest BCUT2D eigenvalue weighted by Gasteiger charge is 2.36. The maximum atomic E-state index is 11.2. The average Bonchev–Trinajstić information content (AvgIpc) is 3.35. The summed E-state index contributed by atoms with van der Waals surface area (Å²) < 4.78 is 5.52. The summed E-state index contributed by atoms with van der Waals surface area (Å²) in [6, 6.07) is 8.24. The van der Waals surface area contributed by atoms with Crippen LogP contribution in [-0.4, -0.2) is 79.9 Å². The van der Waals surface area contributed by atoms with E-state index < -0.39 is 5.60 Å². The van der Waals surface area contributed by atoms with Crippen LogP contribution in [0.25, 0.3) is 0 Å². The number of guanidine groups is 1. The van der Waals surface area contributed by atoms with E-state index in [-0.39, 0.29) is 24.0 Å². The molecule has 2 aliphatic heterocycles. The van der Waals surface area contributed by atoms with Gasteiger partial charge in [-0.2, -0.15) is 0 Å². The zero-order valence-corrected chi connectivity index (χ0v) is 19.8. The lowest BCUT2D eigenvalue weighted by molar-refractivity contribution is 0.0481. The highest BCUT2D eigenvalue weighted by molar-refractivity contribution is 14.0. The molecule has 2 atom stereocenters. The van der Waals surface area contributed by atoms with Crippen LogP contribution in [0, 0.1) is 5.92 Å². The molecule has 2 N–H and O–H groups in total. The van der Waals surface area contributed by atoms with Gasteiger partial charge >= 0.3 is 0 Å². The first-order chi connectivity index (χ1) is 13.7. The molecule has 162 valence electrons. The summed E-state index contributed by atoms with van der Waals surface area (Å²) in [6.07, 6.45) is 2.89. The Labute approximate surface area is 191 Å². The summed E-state index contributed by atoms with van der Waals surface area (Å²) in [6.45, 7) is 10.5. The second-order valence-electron chi connectivity index (χ2n) is 8.38. The predicted octanol–water partition coefficient (Wildman–Crippen LogP) is 2.06. The van der Waals surface area contributed by atoms with Gasteiger partial charge in [0.25, 0.3) is 0 Å². The molecule has 4 rings (SSSR count). The number of ether oxygens (including phenoxy) is 1. The molecule has 2 saturated heterocycles. The van der Waals surface area contributed by atoms with Crippen LogP contribution in [0.1, 0.15) is 30.9 Å². The van der Waals surface area contributed by atoms with E-state index in [1.54, 1.807) is 0 Å². The van der Waals surface area contributed by atoms with Crippen molar-refractivity contribution >= 4 is 29.9 Å². The normalized spacial score (nSPS) is 27.6. The SMILES string of the molecule is CCNC(=NCC1(O)CCc2ccccc21)N1CCN(CC2CCOC2)CC1.I. The number of aliphatic hydroxyl groups is 1. The number of hydrogen-bond donors (Lipinski definition) is 2. The number of nitrogens with zero attached hydrogens (tertiary/aromatic N) is 3. The van der Waals surface area contributed by atoms with Crippen molar-refractivity contribution in [3.63, 3.8) is 0 Å². The Morgan fingerprint density at radius 2 is 2.07 bits per heavy atom. The van der Waals surface area contributed by atoms with Crippen molar-refractivity contribution in [2.24, 2.45) is 10.9 Å². The van der Waals surface area contributed by atoms with Crippen molar-refractivity contribution in [1.82, 2.24) is 15.1 Å². The minimum Gasteiger partial charge on any atom is -0.383 e. The Balaban J connectivity index is 0.00000240. The molecule has 0 saturated carbocycles. The zero-order chi connectivity index (χ0) is 19.4. The van der Waals surface area contributed by atoms with E-state index in [1.165, 1.54) is 12.0 Å². The molecule has 6 nitrogen and oxygen atoms in total. The number of aliphatic imine (C=N–C) groups is 1. The second-order valence-corrected chi connectivity index (χ2v) is 8.38. The van der Waals surface area contributed by atoms with E-state index in [0.29, 0.717) is 12.5 Å². The summed E-state index contributed by atoms with van der Waals surface area (Å²) >= 11 is 0. The maximum absolute atomic E-state index is 11.2. The molecule has 0 radical (unpaired) electrons. The van der Waals surface area contributed by atoms with Gasteiger partial charge < -0.3 is 20.1 Å². The van der Waals surface area contributed by atoms with Gasteiger partial charge in [-0.25, -0.2) is 4.99 Å². The van der Waals surface area contributed by atoms with Gasteiger partial charge in [0.05, 0.1) is 13.2 Å². The van der Waals surface area contributed by atoms with Crippen LogP contribution >= 0.6 is 24.0 Å². The number of piperazine rings is 1. The Morgan fingerprint density at radius 3 is 2.79 bits per heavy atom. The van der Waals surface area contributed by atoms with Gasteiger partial charge in [-0.15, -0.1) is 24.0 Å². The summed E-state index contributed by atoms with van der Waals surface area (Å²) in [5, 5.41) is 14.6. The van der Waals surface area contributed by atoms with Crippen molar-refractivity contribution in [2.75, 3.05) is 59.0 Å². The standard InChI is InChI=1S/C22H34N4O2.HI/c1-2-23-21(24-17-22(27)9-7-19-5-3-4-6-20(19)22)26-12-10-25(11-13-26)15-18-8-14-28-16-18;/h3-6,18,27H,2,7-17H2,1H3,(H,23,24);1H. The van der Waals surface area contributed by atoms with Crippen LogP contribution in [0.4, 0.5) is 0 Å². The maximum Gasteiger partial charge on any atom is 0.194 e. The molecule has 1 aromatic rings. The molecule has 2 unspecified atom stereocenters. The van der Waals surface area contributed by atoms with Gasteiger partial charge in [0.15, 0.2) is 5.96 Å². The van der Waals surface area contributed by atoms with Gasteiger partial charge in [0.2, 0.25) is 0 Å². The first kappa shape index (κ1) is 22.8. The number of fused-ring (bicyclic) bond motifs is 1. The Bertz CT molecular complexity index is 687. The lowest BCUT2D eigenvalue weighted by atomic mass is 9.96. The molecule has 0 bridgehead atoms. The third-order valence-electron chi connectivity index (χ3n) is 6.36. The van der Waals surface area contributed by atoms with E-state index in [1.807, 2.05) is 6.07 Å². The fraction of sp³-hybridized carbons (Fsp3) is 0.682. The quantitative estimate of drug-likeness (QED) is 0.358. The molecule has 2 fully saturated rings. The molecule has 2 heterocycles. The van der Waals surface area contributed by atoms with Gasteiger partial charge in [-0.3, -0.25) is 4.90 Å². The van der Waals surface area contributed by atoms with Crippen LogP contribution in [0.15, 0.2) is 29.3 Å². The van der Waals surface area contributed by atoms with Crippen molar-refractivity contribution in [3.8, 4) is 0 Å². The van der Waals surface area contributed by atoms with Crippen molar-refractivity contribution in [2.45, 2.75) is 31.8 Å². The van der Waals surface area contributed by atoms with E-state index in [0.717, 1.165) is 76.8 Å². The molecular formula is C22H35IN4O2. The van der Waals surface area contributed by atoms with Crippen LogP contribution < -0.4 is 5.32 Å². The molecule has 1 aliphatic carbocycles. The Morgan fingerprint density at radius 1 is 1.28 bits per heavy atom. The molecule has 0 spiro atoms. The molecule has 7 heteroatoms. The molecule has 29 heavy (non-hydrogen) atoms. The lowest BCUT2D eigenvalue weighted by Gasteiger charge is -2.37. The van der Waals surface area contributed by atoms with Crippen molar-refractivity contribution in [3.05, 3.63) is 35.4 Å². The van der Waals surface area contributed by atoms with Gasteiger partial charge in [0, 0.05) is 45.9 Å². The van der Waals surface area contributed by atoms with Crippen LogP contribution in [0.5, 0.6) is 0 Å². The Hall–Kier alpha value is -0.900. The predicted molar refractivity (Wildman–Crippen MR) is 127 cm³/mol. The minimum atomic E-state index is -0.832. The first-order valence-corrected chi connectivity index (χ1v) is 10.8. The average molecular weight is 514 g/mol. The number of rotatable bonds is 5. The van der Waals surface area contributed by atoms with Gasteiger partial charge in [-0.05, 0) is 43.2 Å². The summed E-state index contributed by atoms with van der Waals surface area (Å²) in [5.74, 6) is 1.63. The van der Waals surface area contributed by atoms with Crippen LogP contribution in [0.3, 0.4) is 0 Å². The number of benzene rings is 1. The zero-order valence-electron chi connectivity index (χ0n) is 17.5. The highest BCUT2D eigenvalue weighted by atomic mass is 127. The molecule has 3 aliphatic rings. The molecular weight excluding hydrogens is 479 g/mol. The summed E-state index contributed by atoms with van der Waals surface area (Å²) in [5.41, 5.74) is 1.48. The third kappa shape index (κ3) is 5.42. The van der Waals surface area contributed by atoms with Crippen molar-refractivity contribution in [1.29, 1.82) is 0 Å². The second kappa shape index (κ2) is 10.4. The third-order valence-corrected chi connectivity index (χ3v) is 6.36. The van der Waals surface area contributed by atoms with Gasteiger partial charge in [-0.1, -0.05) is 24.3 Å². The highest BCUT2D eigenvalue weighted by Crippen LogP contribution is 2.36. The number of aryl methyl sites for hydroxylation is 1. The topological polar surface area (TPSA) is 60.3 Å². The monoisotopic (exact) mass is 514 g/mol. The van der Waals surface area contributed by atoms with E-state index in [4.69, 9.17) is 9.73 Å². The Kier molecular flexibility index (Phi) is 8.18. The summed E-state index contributed by atoms with van der Waals surface area (Å²) in [4.78, 5) is 9.76. The van der Waals surface area contributed by atoms with E-state index in [2.05, 4.69) is 40.2 Å². The van der Waals surface area contributed by atoms with Crippen LogP contribution in [-0.2, 0) is 16.8 Å². The number of halogens is 1. The first-order valence-electron chi connectivity index (χ1n) is 10.8. The smallest absolute Gasteiger partial charge is 0.194 e. The fourth-order valence-corrected chi connectivity index (χ4v) is 4.70. The lowest BCUT2D eigenvalue weighted by Crippen LogP contribution is -2.53. The molecule has 0 amide bonds. The van der Waals surface area contributed by atoms with Crippen molar-refractivity contribution < 1.29 is 9.84 Å². The van der Waals surface area contributed by atoms with E-state index >= 15 is 0 Å². The number of nitrogens with one attached hydrogen (secondary N) is 1.